The second-order valence-corrected chi connectivity index (χ2v) is 2.15. The van der Waals surface area contributed by atoms with Crippen molar-refractivity contribution in [3.05, 3.63) is 0 Å². The molecule has 6 heavy (non-hydrogen) atoms. The first-order chi connectivity index (χ1) is 2.97. The van der Waals surface area contributed by atoms with Gasteiger partial charge in [-0.1, -0.05) is 0 Å². The van der Waals surface area contributed by atoms with Crippen molar-refractivity contribution in [3.63, 3.8) is 0 Å². The Labute approximate surface area is 36.9 Å². The van der Waals surface area contributed by atoms with Crippen LogP contribution in [-0.2, 0) is 0 Å². The Kier molecular flexibility index (Phi) is 0.383. The van der Waals surface area contributed by atoms with Crippen molar-refractivity contribution < 1.29 is 5.32 Å². The molecule has 2 unspecified atom stereocenters. The van der Waals surface area contributed by atoms with Crippen LogP contribution in [-0.4, -0.2) is 25.2 Å². The summed E-state index contributed by atoms with van der Waals surface area (Å²) in [6, 6.07) is 1.88. The fourth-order valence-corrected chi connectivity index (χ4v) is 0.778. The third kappa shape index (κ3) is 0.340. The fourth-order valence-electron chi connectivity index (χ4n) is 0.778. The molecular weight excluding hydrogens is 76.1 g/mol. The lowest BCUT2D eigenvalue weighted by Gasteiger charge is -1.69. The molecule has 2 aliphatic rings. The molecule has 0 saturated carbocycles. The molecule has 2 aliphatic heterocycles. The van der Waals surface area contributed by atoms with Crippen LogP contribution in [0.25, 0.3) is 0 Å². The third-order valence-electron chi connectivity index (χ3n) is 1.46. The first-order valence-electron chi connectivity index (χ1n) is 2.53. The number of hydrogen-bond acceptors (Lipinski definition) is 1. The average Bonchev–Trinajstić information content (AvgIpc) is 2.26. The van der Waals surface area contributed by atoms with Crippen molar-refractivity contribution in [2.45, 2.75) is 12.1 Å². The van der Waals surface area contributed by atoms with Crippen LogP contribution < -0.4 is 10.6 Å². The number of nitrogens with one attached hydrogen (secondary N) is 1. The van der Waals surface area contributed by atoms with E-state index in [-0.39, 0.29) is 0 Å². The lowest BCUT2D eigenvalue weighted by Crippen LogP contribution is -2.61. The Balaban J connectivity index is 1.92. The van der Waals surface area contributed by atoms with Gasteiger partial charge in [0.25, 0.3) is 0 Å². The Bertz CT molecular complexity index is 53.9. The second kappa shape index (κ2) is 0.768. The third-order valence-corrected chi connectivity index (χ3v) is 1.46. The maximum absolute atomic E-state index is 3.27. The van der Waals surface area contributed by atoms with Crippen molar-refractivity contribution in [2.24, 2.45) is 0 Å². The largest absolute Gasteiger partial charge is 0.333 e. The Morgan fingerprint density at radius 3 is 2.50 bits per heavy atom. The summed E-state index contributed by atoms with van der Waals surface area (Å²) < 4.78 is 0. The van der Waals surface area contributed by atoms with E-state index in [0.717, 1.165) is 12.1 Å². The van der Waals surface area contributed by atoms with Crippen LogP contribution in [0.15, 0.2) is 0 Å². The second-order valence-electron chi connectivity index (χ2n) is 2.15. The quantitative estimate of drug-likeness (QED) is 0.352. The van der Waals surface area contributed by atoms with Gasteiger partial charge in [0.1, 0.15) is 6.54 Å². The first-order valence-corrected chi connectivity index (χ1v) is 2.53. The molecule has 2 fully saturated rings. The average molecular weight is 85.1 g/mol. The first kappa shape index (κ1) is 2.99. The van der Waals surface area contributed by atoms with Crippen molar-refractivity contribution in [3.8, 4) is 0 Å². The predicted molar refractivity (Wildman–Crippen MR) is 22.4 cm³/mol. The van der Waals surface area contributed by atoms with Gasteiger partial charge in [-0.2, -0.15) is 0 Å². The standard InChI is InChI=1S/C4H8N2/c1-3(5-1)4-2-6-4/h3-6H,1-2H2/p+1. The van der Waals surface area contributed by atoms with Gasteiger partial charge in [-0.25, -0.2) is 0 Å². The Morgan fingerprint density at radius 2 is 2.33 bits per heavy atom. The van der Waals surface area contributed by atoms with E-state index in [9.17, 15) is 0 Å². The molecule has 0 bridgehead atoms. The van der Waals surface area contributed by atoms with E-state index in [1.165, 1.54) is 13.1 Å². The van der Waals surface area contributed by atoms with Crippen molar-refractivity contribution in [1.29, 1.82) is 0 Å². The highest BCUT2D eigenvalue weighted by Gasteiger charge is 2.42. The van der Waals surface area contributed by atoms with Gasteiger partial charge in [0.2, 0.25) is 0 Å². The van der Waals surface area contributed by atoms with E-state index in [0.29, 0.717) is 0 Å². The minimum Gasteiger partial charge on any atom is -0.333 e. The van der Waals surface area contributed by atoms with E-state index in [2.05, 4.69) is 10.6 Å². The molecule has 2 atom stereocenters. The van der Waals surface area contributed by atoms with E-state index in [4.69, 9.17) is 0 Å². The summed E-state index contributed by atoms with van der Waals surface area (Å²) in [7, 11) is 0. The van der Waals surface area contributed by atoms with Crippen LogP contribution in [0.1, 0.15) is 0 Å². The summed E-state index contributed by atoms with van der Waals surface area (Å²) in [4.78, 5) is 0. The number of hydrogen-bond donors (Lipinski definition) is 2. The molecule has 0 aromatic heterocycles. The Morgan fingerprint density at radius 1 is 1.67 bits per heavy atom. The van der Waals surface area contributed by atoms with Crippen LogP contribution in [0, 0.1) is 0 Å². The van der Waals surface area contributed by atoms with Crippen LogP contribution in [0.4, 0.5) is 0 Å². The molecule has 34 valence electrons. The zero-order valence-electron chi connectivity index (χ0n) is 3.65. The maximum atomic E-state index is 3.27. The van der Waals surface area contributed by atoms with E-state index in [1.807, 2.05) is 0 Å². The minimum absolute atomic E-state index is 0.907. The number of nitrogens with two attached hydrogens (primary N) is 1. The maximum Gasteiger partial charge on any atom is 0.152 e. The monoisotopic (exact) mass is 85.1 g/mol. The molecule has 0 spiro atoms. The number of rotatable bonds is 1. The molecule has 2 rings (SSSR count). The summed E-state index contributed by atoms with van der Waals surface area (Å²) >= 11 is 0. The summed E-state index contributed by atoms with van der Waals surface area (Å²) in [5.41, 5.74) is 0. The summed E-state index contributed by atoms with van der Waals surface area (Å²) in [5, 5.41) is 5.63. The highest BCUT2D eigenvalue weighted by molar-refractivity contribution is 4.92. The highest BCUT2D eigenvalue weighted by Crippen LogP contribution is 2.02. The zero-order chi connectivity index (χ0) is 3.98. The van der Waals surface area contributed by atoms with Crippen molar-refractivity contribution in [1.82, 2.24) is 5.32 Å². The van der Waals surface area contributed by atoms with Crippen LogP contribution in [0.5, 0.6) is 0 Å². The smallest absolute Gasteiger partial charge is 0.152 e. The van der Waals surface area contributed by atoms with Gasteiger partial charge in [0, 0.05) is 6.54 Å². The Hall–Kier alpha value is -0.0800. The zero-order valence-corrected chi connectivity index (χ0v) is 3.65. The van der Waals surface area contributed by atoms with Crippen LogP contribution in [0.3, 0.4) is 0 Å². The van der Waals surface area contributed by atoms with Crippen molar-refractivity contribution in [2.75, 3.05) is 13.1 Å². The van der Waals surface area contributed by atoms with Crippen LogP contribution in [0.2, 0.25) is 0 Å². The molecule has 0 radical (unpaired) electrons. The molecule has 0 aromatic rings. The van der Waals surface area contributed by atoms with Gasteiger partial charge >= 0.3 is 0 Å². The number of quaternary nitrogens is 1. The molecule has 2 nitrogen and oxygen atoms in total. The van der Waals surface area contributed by atoms with Crippen molar-refractivity contribution >= 4 is 0 Å². The van der Waals surface area contributed by atoms with Gasteiger partial charge in [0.05, 0.1) is 6.04 Å². The predicted octanol–water partition coefficient (Wildman–Crippen LogP) is -2.10. The molecule has 0 amide bonds. The highest BCUT2D eigenvalue weighted by atomic mass is 15.2. The summed E-state index contributed by atoms with van der Waals surface area (Å²) in [6.07, 6.45) is 0. The lowest BCUT2D eigenvalue weighted by atomic mass is 10.4. The fraction of sp³-hybridized carbons (Fsp3) is 1.00. The molecule has 0 aromatic carbocycles. The van der Waals surface area contributed by atoms with Gasteiger partial charge in [-0.05, 0) is 0 Å². The van der Waals surface area contributed by atoms with E-state index >= 15 is 0 Å². The van der Waals surface area contributed by atoms with Gasteiger partial charge < -0.3 is 10.6 Å². The lowest BCUT2D eigenvalue weighted by molar-refractivity contribution is -0.496. The van der Waals surface area contributed by atoms with Gasteiger partial charge in [-0.15, -0.1) is 0 Å². The molecule has 0 aliphatic carbocycles. The van der Waals surface area contributed by atoms with Gasteiger partial charge in [-0.3, -0.25) is 0 Å². The summed E-state index contributed by atoms with van der Waals surface area (Å²) in [5.74, 6) is 0. The molecular formula is C4H9N2+. The molecule has 2 heterocycles. The topological polar surface area (TPSA) is 38.5 Å². The van der Waals surface area contributed by atoms with E-state index < -0.39 is 0 Å². The summed E-state index contributed by atoms with van der Waals surface area (Å²) in [6.45, 7) is 2.65. The molecule has 3 N–H and O–H groups in total. The molecule has 2 saturated heterocycles. The minimum atomic E-state index is 0.907. The SMILES string of the molecule is C1NC1C1C[NH2+]1. The van der Waals surface area contributed by atoms with E-state index in [1.54, 1.807) is 0 Å². The van der Waals surface area contributed by atoms with Gasteiger partial charge in [0.15, 0.2) is 6.04 Å². The molecule has 2 heteroatoms. The normalized spacial score (nSPS) is 52.0. The van der Waals surface area contributed by atoms with Crippen LogP contribution >= 0.6 is 0 Å².